The molecule has 19 heavy (non-hydrogen) atoms. The molecule has 0 unspecified atom stereocenters. The Morgan fingerprint density at radius 1 is 1.32 bits per heavy atom. The third kappa shape index (κ3) is 4.35. The van der Waals surface area contributed by atoms with Gasteiger partial charge in [0.15, 0.2) is 16.7 Å². The van der Waals surface area contributed by atoms with Crippen molar-refractivity contribution in [2.45, 2.75) is 32.1 Å². The van der Waals surface area contributed by atoms with Gasteiger partial charge >= 0.3 is 0 Å². The lowest BCUT2D eigenvalue weighted by Crippen LogP contribution is -2.33. The summed E-state index contributed by atoms with van der Waals surface area (Å²) < 4.78 is 13.2. The molecule has 104 valence electrons. The first-order chi connectivity index (χ1) is 9.15. The van der Waals surface area contributed by atoms with Crippen LogP contribution in [0.4, 0.5) is 10.1 Å². The van der Waals surface area contributed by atoms with Crippen LogP contribution >= 0.6 is 12.2 Å². The Balaban J connectivity index is 1.78. The first-order valence-electron chi connectivity index (χ1n) is 6.68. The molecular weight excluding hydrogens is 263 g/mol. The molecule has 3 N–H and O–H groups in total. The van der Waals surface area contributed by atoms with E-state index < -0.39 is 5.82 Å². The van der Waals surface area contributed by atoms with Gasteiger partial charge in [0, 0.05) is 18.3 Å². The number of benzene rings is 1. The standard InChI is InChI=1S/C14H19FN2OS/c15-12-8-11(6-7-13(12)18)17-14(19)16-9-10-4-2-1-3-5-10/h6-8,10,18H,1-5,9H2,(H2,16,17,19). The maximum Gasteiger partial charge on any atom is 0.170 e. The second kappa shape index (κ2) is 6.70. The van der Waals surface area contributed by atoms with Crippen molar-refractivity contribution in [2.24, 2.45) is 5.92 Å². The van der Waals surface area contributed by atoms with Gasteiger partial charge in [-0.3, -0.25) is 0 Å². The van der Waals surface area contributed by atoms with Crippen molar-refractivity contribution in [3.63, 3.8) is 0 Å². The summed E-state index contributed by atoms with van der Waals surface area (Å²) >= 11 is 5.17. The van der Waals surface area contributed by atoms with Gasteiger partial charge in [0.2, 0.25) is 0 Å². The summed E-state index contributed by atoms with van der Waals surface area (Å²) in [6.45, 7) is 0.867. The molecule has 0 radical (unpaired) electrons. The molecule has 0 bridgehead atoms. The Bertz CT molecular complexity index is 447. The van der Waals surface area contributed by atoms with Gasteiger partial charge in [-0.2, -0.15) is 0 Å². The Morgan fingerprint density at radius 2 is 2.05 bits per heavy atom. The predicted molar refractivity (Wildman–Crippen MR) is 78.9 cm³/mol. The number of halogens is 1. The van der Waals surface area contributed by atoms with Crippen LogP contribution in [0.5, 0.6) is 5.75 Å². The number of phenols is 1. The first-order valence-corrected chi connectivity index (χ1v) is 7.09. The minimum atomic E-state index is -0.653. The van der Waals surface area contributed by atoms with Crippen LogP contribution in [-0.2, 0) is 0 Å². The molecule has 1 aromatic carbocycles. The molecule has 2 rings (SSSR count). The van der Waals surface area contributed by atoms with Crippen molar-refractivity contribution in [1.82, 2.24) is 5.32 Å². The highest BCUT2D eigenvalue weighted by Crippen LogP contribution is 2.23. The van der Waals surface area contributed by atoms with Crippen LogP contribution in [0.2, 0.25) is 0 Å². The van der Waals surface area contributed by atoms with Crippen LogP contribution in [0.15, 0.2) is 18.2 Å². The monoisotopic (exact) mass is 282 g/mol. The van der Waals surface area contributed by atoms with Crippen LogP contribution in [0.3, 0.4) is 0 Å². The molecule has 1 fully saturated rings. The second-order valence-electron chi connectivity index (χ2n) is 5.01. The highest BCUT2D eigenvalue weighted by atomic mass is 32.1. The summed E-state index contributed by atoms with van der Waals surface area (Å²) in [4.78, 5) is 0. The Hall–Kier alpha value is -1.36. The number of hydrogen-bond donors (Lipinski definition) is 3. The van der Waals surface area contributed by atoms with E-state index in [1.54, 1.807) is 6.07 Å². The Labute approximate surface area is 118 Å². The summed E-state index contributed by atoms with van der Waals surface area (Å²) in [6, 6.07) is 4.12. The number of rotatable bonds is 3. The largest absolute Gasteiger partial charge is 0.505 e. The molecule has 5 heteroatoms. The minimum absolute atomic E-state index is 0.355. The summed E-state index contributed by atoms with van der Waals surface area (Å²) in [5, 5.41) is 15.7. The summed E-state index contributed by atoms with van der Waals surface area (Å²) in [5.74, 6) is -0.322. The van der Waals surface area contributed by atoms with E-state index in [-0.39, 0.29) is 5.75 Å². The van der Waals surface area contributed by atoms with Crippen molar-refractivity contribution >= 4 is 23.0 Å². The minimum Gasteiger partial charge on any atom is -0.505 e. The number of hydrogen-bond acceptors (Lipinski definition) is 2. The van der Waals surface area contributed by atoms with Gasteiger partial charge in [-0.15, -0.1) is 0 Å². The molecule has 0 aromatic heterocycles. The van der Waals surface area contributed by atoms with Crippen LogP contribution < -0.4 is 10.6 Å². The fourth-order valence-electron chi connectivity index (χ4n) is 2.39. The molecular formula is C14H19FN2OS. The molecule has 1 saturated carbocycles. The second-order valence-corrected chi connectivity index (χ2v) is 5.41. The van der Waals surface area contributed by atoms with E-state index in [4.69, 9.17) is 17.3 Å². The Morgan fingerprint density at radius 3 is 2.74 bits per heavy atom. The van der Waals surface area contributed by atoms with E-state index in [1.165, 1.54) is 44.2 Å². The third-order valence-electron chi connectivity index (χ3n) is 3.48. The van der Waals surface area contributed by atoms with Gasteiger partial charge in [0.25, 0.3) is 0 Å². The molecule has 0 spiro atoms. The van der Waals surface area contributed by atoms with Crippen molar-refractivity contribution in [3.8, 4) is 5.75 Å². The van der Waals surface area contributed by atoms with Crippen molar-refractivity contribution in [3.05, 3.63) is 24.0 Å². The average Bonchev–Trinajstić information content (AvgIpc) is 2.42. The fraction of sp³-hybridized carbons (Fsp3) is 0.500. The molecule has 0 atom stereocenters. The topological polar surface area (TPSA) is 44.3 Å². The molecule has 3 nitrogen and oxygen atoms in total. The lowest BCUT2D eigenvalue weighted by atomic mass is 9.89. The van der Waals surface area contributed by atoms with E-state index in [1.807, 2.05) is 0 Å². The molecule has 1 aromatic rings. The number of thiocarbonyl (C=S) groups is 1. The Kier molecular flexibility index (Phi) is 4.96. The average molecular weight is 282 g/mol. The summed E-state index contributed by atoms with van der Waals surface area (Å²) in [6.07, 6.45) is 6.45. The highest BCUT2D eigenvalue weighted by Gasteiger charge is 2.13. The quantitative estimate of drug-likeness (QED) is 0.587. The van der Waals surface area contributed by atoms with Gasteiger partial charge in [-0.05, 0) is 43.1 Å². The van der Waals surface area contributed by atoms with Crippen LogP contribution in [0.25, 0.3) is 0 Å². The van der Waals surface area contributed by atoms with Crippen molar-refractivity contribution in [2.75, 3.05) is 11.9 Å². The van der Waals surface area contributed by atoms with E-state index in [0.29, 0.717) is 16.7 Å². The van der Waals surface area contributed by atoms with Gasteiger partial charge in [-0.1, -0.05) is 19.3 Å². The van der Waals surface area contributed by atoms with E-state index in [2.05, 4.69) is 10.6 Å². The van der Waals surface area contributed by atoms with E-state index in [9.17, 15) is 4.39 Å². The van der Waals surface area contributed by atoms with Gasteiger partial charge in [0.1, 0.15) is 0 Å². The maximum atomic E-state index is 13.2. The molecule has 0 aliphatic heterocycles. The van der Waals surface area contributed by atoms with Crippen molar-refractivity contribution in [1.29, 1.82) is 0 Å². The van der Waals surface area contributed by atoms with Crippen LogP contribution in [0, 0.1) is 11.7 Å². The zero-order chi connectivity index (χ0) is 13.7. The molecule has 1 aliphatic rings. The van der Waals surface area contributed by atoms with Gasteiger partial charge in [0.05, 0.1) is 0 Å². The number of phenolic OH excluding ortho intramolecular Hbond substituents is 1. The summed E-state index contributed by atoms with van der Waals surface area (Å²) in [5.41, 5.74) is 0.538. The number of anilines is 1. The lowest BCUT2D eigenvalue weighted by Gasteiger charge is -2.22. The molecule has 0 amide bonds. The molecule has 0 heterocycles. The highest BCUT2D eigenvalue weighted by molar-refractivity contribution is 7.80. The maximum absolute atomic E-state index is 13.2. The lowest BCUT2D eigenvalue weighted by molar-refractivity contribution is 0.357. The van der Waals surface area contributed by atoms with Gasteiger partial charge in [-0.25, -0.2) is 4.39 Å². The van der Waals surface area contributed by atoms with E-state index >= 15 is 0 Å². The molecule has 0 saturated heterocycles. The number of nitrogens with one attached hydrogen (secondary N) is 2. The zero-order valence-electron chi connectivity index (χ0n) is 10.8. The first kappa shape index (κ1) is 14.1. The smallest absolute Gasteiger partial charge is 0.170 e. The summed E-state index contributed by atoms with van der Waals surface area (Å²) in [7, 11) is 0. The molecule has 1 aliphatic carbocycles. The SMILES string of the molecule is Oc1ccc(NC(=S)NCC2CCCCC2)cc1F. The van der Waals surface area contributed by atoms with Crippen LogP contribution in [-0.4, -0.2) is 16.8 Å². The van der Waals surface area contributed by atoms with Crippen molar-refractivity contribution < 1.29 is 9.50 Å². The third-order valence-corrected chi connectivity index (χ3v) is 3.73. The van der Waals surface area contributed by atoms with E-state index in [0.717, 1.165) is 6.54 Å². The predicted octanol–water partition coefficient (Wildman–Crippen LogP) is 3.40. The fourth-order valence-corrected chi connectivity index (χ4v) is 2.59. The number of aromatic hydroxyl groups is 1. The normalized spacial score (nSPS) is 16.1. The zero-order valence-corrected chi connectivity index (χ0v) is 11.6. The van der Waals surface area contributed by atoms with Gasteiger partial charge < -0.3 is 15.7 Å². The van der Waals surface area contributed by atoms with Crippen LogP contribution in [0.1, 0.15) is 32.1 Å².